The molecule has 1 fully saturated rings. The maximum atomic E-state index is 12.2. The normalized spacial score (nSPS) is 25.4. The number of hydrogen-bond acceptors (Lipinski definition) is 3. The number of nitrogens with one attached hydrogen (secondary N) is 2. The molecule has 2 heterocycles. The van der Waals surface area contributed by atoms with E-state index in [0.29, 0.717) is 5.92 Å². The summed E-state index contributed by atoms with van der Waals surface area (Å²) < 4.78 is 0. The summed E-state index contributed by atoms with van der Waals surface area (Å²) >= 11 is 0. The Morgan fingerprint density at radius 3 is 3.11 bits per heavy atom. The van der Waals surface area contributed by atoms with Gasteiger partial charge in [-0.15, -0.1) is 0 Å². The van der Waals surface area contributed by atoms with Gasteiger partial charge in [0.25, 0.3) is 0 Å². The lowest BCUT2D eigenvalue weighted by Gasteiger charge is -2.30. The van der Waals surface area contributed by atoms with Crippen LogP contribution in [0.2, 0.25) is 0 Å². The fourth-order valence-electron chi connectivity index (χ4n) is 2.42. The highest BCUT2D eigenvalue weighted by Gasteiger charge is 2.28. The second-order valence-corrected chi connectivity index (χ2v) is 5.07. The first-order chi connectivity index (χ1) is 8.68. The van der Waals surface area contributed by atoms with Crippen molar-refractivity contribution in [2.75, 3.05) is 6.54 Å². The smallest absolute Gasteiger partial charge is 0.237 e. The van der Waals surface area contributed by atoms with Gasteiger partial charge < -0.3 is 10.6 Å². The number of hydrogen-bond donors (Lipinski definition) is 2. The quantitative estimate of drug-likeness (QED) is 0.854. The Labute approximate surface area is 108 Å². The van der Waals surface area contributed by atoms with Gasteiger partial charge in [-0.05, 0) is 43.9 Å². The molecule has 0 aromatic carbocycles. The maximum Gasteiger partial charge on any atom is 0.237 e. The van der Waals surface area contributed by atoms with Crippen LogP contribution >= 0.6 is 0 Å². The average Bonchev–Trinajstić information content (AvgIpc) is 2.40. The summed E-state index contributed by atoms with van der Waals surface area (Å²) in [5.74, 6) is 0.499. The van der Waals surface area contributed by atoms with Gasteiger partial charge in [0.15, 0.2) is 0 Å². The minimum atomic E-state index is -0.0575. The van der Waals surface area contributed by atoms with E-state index in [2.05, 4.69) is 22.5 Å². The Balaban J connectivity index is 1.94. The molecule has 2 N–H and O–H groups in total. The first kappa shape index (κ1) is 13.0. The summed E-state index contributed by atoms with van der Waals surface area (Å²) in [6.45, 7) is 5.05. The average molecular weight is 247 g/mol. The van der Waals surface area contributed by atoms with E-state index in [4.69, 9.17) is 0 Å². The molecule has 0 saturated carbocycles. The van der Waals surface area contributed by atoms with E-state index in [-0.39, 0.29) is 18.0 Å². The predicted octanol–water partition coefficient (Wildman–Crippen LogP) is 1.65. The summed E-state index contributed by atoms with van der Waals surface area (Å²) in [5.41, 5.74) is 1.04. The second-order valence-electron chi connectivity index (χ2n) is 5.07. The molecule has 1 saturated heterocycles. The highest BCUT2D eigenvalue weighted by molar-refractivity contribution is 5.82. The van der Waals surface area contributed by atoms with Crippen LogP contribution in [-0.2, 0) is 4.79 Å². The molecule has 2 unspecified atom stereocenters. The molecule has 1 amide bonds. The summed E-state index contributed by atoms with van der Waals surface area (Å²) in [7, 11) is 0. The molecule has 1 aliphatic heterocycles. The third-order valence-corrected chi connectivity index (χ3v) is 3.60. The molecule has 1 aliphatic rings. The third kappa shape index (κ3) is 3.07. The molecule has 3 atom stereocenters. The molecule has 1 aromatic rings. The zero-order chi connectivity index (χ0) is 13.0. The first-order valence-corrected chi connectivity index (χ1v) is 6.62. The zero-order valence-corrected chi connectivity index (χ0v) is 11.0. The van der Waals surface area contributed by atoms with Crippen molar-refractivity contribution in [2.45, 2.75) is 38.8 Å². The molecule has 4 nitrogen and oxygen atoms in total. The van der Waals surface area contributed by atoms with Gasteiger partial charge in [0.05, 0.1) is 12.1 Å². The molecular formula is C14H21N3O. The van der Waals surface area contributed by atoms with E-state index in [1.54, 1.807) is 12.4 Å². The van der Waals surface area contributed by atoms with Gasteiger partial charge in [0.2, 0.25) is 5.91 Å². The lowest BCUT2D eigenvalue weighted by molar-refractivity contribution is -0.125. The molecule has 4 heteroatoms. The minimum absolute atomic E-state index is 0.00197. The van der Waals surface area contributed by atoms with E-state index in [1.165, 1.54) is 0 Å². The number of nitrogens with zero attached hydrogens (tertiary/aromatic N) is 1. The Morgan fingerprint density at radius 2 is 2.44 bits per heavy atom. The van der Waals surface area contributed by atoms with E-state index in [1.807, 2.05) is 19.1 Å². The van der Waals surface area contributed by atoms with Crippen molar-refractivity contribution in [3.05, 3.63) is 30.1 Å². The van der Waals surface area contributed by atoms with Crippen LogP contribution in [0.3, 0.4) is 0 Å². The minimum Gasteiger partial charge on any atom is -0.348 e. The number of piperidine rings is 1. The summed E-state index contributed by atoms with van der Waals surface area (Å²) in [6.07, 6.45) is 5.81. The summed E-state index contributed by atoms with van der Waals surface area (Å²) in [5, 5.41) is 6.35. The van der Waals surface area contributed by atoms with Crippen LogP contribution in [0.5, 0.6) is 0 Å². The fourth-order valence-corrected chi connectivity index (χ4v) is 2.42. The van der Waals surface area contributed by atoms with Gasteiger partial charge in [-0.25, -0.2) is 0 Å². The van der Waals surface area contributed by atoms with Crippen molar-refractivity contribution >= 4 is 5.91 Å². The van der Waals surface area contributed by atoms with Crippen LogP contribution in [0.25, 0.3) is 0 Å². The predicted molar refractivity (Wildman–Crippen MR) is 71.0 cm³/mol. The van der Waals surface area contributed by atoms with Crippen LogP contribution < -0.4 is 10.6 Å². The van der Waals surface area contributed by atoms with E-state index in [0.717, 1.165) is 24.9 Å². The number of carbonyl (C=O) groups excluding carboxylic acids is 1. The molecule has 2 rings (SSSR count). The zero-order valence-electron chi connectivity index (χ0n) is 11.0. The third-order valence-electron chi connectivity index (χ3n) is 3.60. The van der Waals surface area contributed by atoms with Crippen LogP contribution in [0.15, 0.2) is 24.5 Å². The lowest BCUT2D eigenvalue weighted by Crippen LogP contribution is -2.51. The lowest BCUT2D eigenvalue weighted by atomic mass is 9.92. The molecule has 1 aromatic heterocycles. The summed E-state index contributed by atoms with van der Waals surface area (Å²) in [4.78, 5) is 16.3. The molecule has 18 heavy (non-hydrogen) atoms. The maximum absolute atomic E-state index is 12.2. The van der Waals surface area contributed by atoms with Gasteiger partial charge in [-0.1, -0.05) is 13.0 Å². The number of pyridine rings is 1. The van der Waals surface area contributed by atoms with Crippen molar-refractivity contribution in [3.63, 3.8) is 0 Å². The van der Waals surface area contributed by atoms with E-state index < -0.39 is 0 Å². The Hall–Kier alpha value is -1.42. The van der Waals surface area contributed by atoms with Gasteiger partial charge in [-0.3, -0.25) is 9.78 Å². The van der Waals surface area contributed by atoms with Gasteiger partial charge in [0.1, 0.15) is 0 Å². The number of rotatable bonds is 3. The van der Waals surface area contributed by atoms with Crippen LogP contribution in [-0.4, -0.2) is 23.5 Å². The Morgan fingerprint density at radius 1 is 1.61 bits per heavy atom. The van der Waals surface area contributed by atoms with E-state index >= 15 is 0 Å². The van der Waals surface area contributed by atoms with Crippen molar-refractivity contribution in [1.29, 1.82) is 0 Å². The molecular weight excluding hydrogens is 226 g/mol. The SMILES string of the molecule is CC1CCCNC1C(=O)N[C@H](C)c1cccnc1. The summed E-state index contributed by atoms with van der Waals surface area (Å²) in [6, 6.07) is 3.81. The highest BCUT2D eigenvalue weighted by atomic mass is 16.2. The highest BCUT2D eigenvalue weighted by Crippen LogP contribution is 2.17. The van der Waals surface area contributed by atoms with Crippen LogP contribution in [0.1, 0.15) is 38.3 Å². The van der Waals surface area contributed by atoms with Crippen molar-refractivity contribution in [2.24, 2.45) is 5.92 Å². The topological polar surface area (TPSA) is 54.0 Å². The molecule has 0 spiro atoms. The molecule has 0 bridgehead atoms. The molecule has 0 aliphatic carbocycles. The second kappa shape index (κ2) is 5.96. The number of amides is 1. The number of aromatic nitrogens is 1. The number of carbonyl (C=O) groups is 1. The first-order valence-electron chi connectivity index (χ1n) is 6.62. The Bertz CT molecular complexity index is 393. The Kier molecular flexibility index (Phi) is 4.31. The largest absolute Gasteiger partial charge is 0.348 e. The van der Waals surface area contributed by atoms with Crippen molar-refractivity contribution in [1.82, 2.24) is 15.6 Å². The monoisotopic (exact) mass is 247 g/mol. The van der Waals surface area contributed by atoms with Crippen molar-refractivity contribution < 1.29 is 4.79 Å². The van der Waals surface area contributed by atoms with Gasteiger partial charge in [-0.2, -0.15) is 0 Å². The standard InChI is InChI=1S/C14H21N3O/c1-10-5-3-8-16-13(10)14(18)17-11(2)12-6-4-7-15-9-12/h4,6-7,9-11,13,16H,3,5,8H2,1-2H3,(H,17,18)/t10?,11-,13?/m1/s1. The van der Waals surface area contributed by atoms with Crippen molar-refractivity contribution in [3.8, 4) is 0 Å². The van der Waals surface area contributed by atoms with Gasteiger partial charge >= 0.3 is 0 Å². The molecule has 98 valence electrons. The van der Waals surface area contributed by atoms with Crippen LogP contribution in [0, 0.1) is 5.92 Å². The fraction of sp³-hybridized carbons (Fsp3) is 0.571. The van der Waals surface area contributed by atoms with Gasteiger partial charge in [0, 0.05) is 12.4 Å². The van der Waals surface area contributed by atoms with Crippen LogP contribution in [0.4, 0.5) is 0 Å². The molecule has 0 radical (unpaired) electrons. The van der Waals surface area contributed by atoms with E-state index in [9.17, 15) is 4.79 Å².